The van der Waals surface area contributed by atoms with Crippen molar-refractivity contribution in [3.05, 3.63) is 59.0 Å². The Morgan fingerprint density at radius 2 is 2.03 bits per heavy atom. The van der Waals surface area contributed by atoms with Crippen molar-refractivity contribution in [2.24, 2.45) is 0 Å². The number of aliphatic hydroxyl groups excluding tert-OH is 2. The molecule has 1 aromatic carbocycles. The van der Waals surface area contributed by atoms with E-state index in [4.69, 9.17) is 27.5 Å². The van der Waals surface area contributed by atoms with Gasteiger partial charge in [-0.3, -0.25) is 4.98 Å². The van der Waals surface area contributed by atoms with Gasteiger partial charge < -0.3 is 19.7 Å². The summed E-state index contributed by atoms with van der Waals surface area (Å²) in [4.78, 5) is 4.80. The monoisotopic (exact) mass is 508 g/mol. The van der Waals surface area contributed by atoms with Gasteiger partial charge in [0, 0.05) is 35.5 Å². The van der Waals surface area contributed by atoms with E-state index < -0.39 is 53.1 Å². The van der Waals surface area contributed by atoms with Crippen molar-refractivity contribution in [3.8, 4) is 23.6 Å². The summed E-state index contributed by atoms with van der Waals surface area (Å²) in [7, 11) is 1.44. The fourth-order valence-electron chi connectivity index (χ4n) is 3.66. The molecule has 1 fully saturated rings. The standard InChI is InChI=1S/C22H19ClF2N4O4S/c1-3-11-4-13(8-26-7-11)34-22-21(32-2)19(20(31)17(10-30)33-22)29-9-16(27-28-29)12-5-14(24)18(23)15(25)6-12/h1,4-9,17,19-22,30-31H,10H2,2H3/t17?,19-,20-,21?,22+/m0/s1. The van der Waals surface area contributed by atoms with E-state index in [2.05, 4.69) is 21.2 Å². The molecule has 12 heteroatoms. The number of terminal acetylenes is 1. The number of thioether (sulfide) groups is 1. The first-order chi connectivity index (χ1) is 16.4. The molecule has 2 N–H and O–H groups in total. The van der Waals surface area contributed by atoms with Gasteiger partial charge >= 0.3 is 0 Å². The highest BCUT2D eigenvalue weighted by atomic mass is 35.5. The molecule has 2 unspecified atom stereocenters. The molecule has 3 aromatic rings. The van der Waals surface area contributed by atoms with Gasteiger partial charge in [-0.2, -0.15) is 0 Å². The molecule has 0 aliphatic carbocycles. The van der Waals surface area contributed by atoms with E-state index >= 15 is 0 Å². The van der Waals surface area contributed by atoms with Crippen LogP contribution < -0.4 is 0 Å². The van der Waals surface area contributed by atoms with Gasteiger partial charge in [0.25, 0.3) is 0 Å². The second-order valence-electron chi connectivity index (χ2n) is 7.42. The maximum absolute atomic E-state index is 13.9. The molecule has 0 radical (unpaired) electrons. The fraction of sp³-hybridized carbons (Fsp3) is 0.318. The van der Waals surface area contributed by atoms with Crippen LogP contribution in [0.5, 0.6) is 0 Å². The molecule has 0 amide bonds. The van der Waals surface area contributed by atoms with Crippen molar-refractivity contribution in [2.75, 3.05) is 13.7 Å². The number of methoxy groups -OCH3 is 1. The highest BCUT2D eigenvalue weighted by Crippen LogP contribution is 2.39. The number of rotatable bonds is 6. The zero-order valence-corrected chi connectivity index (χ0v) is 19.2. The summed E-state index contributed by atoms with van der Waals surface area (Å²) in [5, 5.41) is 28.1. The van der Waals surface area contributed by atoms with Crippen molar-refractivity contribution >= 4 is 23.4 Å². The minimum absolute atomic E-state index is 0.114. The summed E-state index contributed by atoms with van der Waals surface area (Å²) in [5.74, 6) is 0.633. The van der Waals surface area contributed by atoms with Crippen LogP contribution in [0.1, 0.15) is 11.6 Å². The zero-order chi connectivity index (χ0) is 24.4. The van der Waals surface area contributed by atoms with E-state index in [-0.39, 0.29) is 11.3 Å². The number of hydrogen-bond acceptors (Lipinski definition) is 8. The van der Waals surface area contributed by atoms with Crippen LogP contribution in [0.4, 0.5) is 8.78 Å². The van der Waals surface area contributed by atoms with Gasteiger partial charge in [-0.15, -0.1) is 11.5 Å². The van der Waals surface area contributed by atoms with Crippen molar-refractivity contribution in [2.45, 2.75) is 34.7 Å². The van der Waals surface area contributed by atoms with E-state index in [1.807, 2.05) is 0 Å². The van der Waals surface area contributed by atoms with Crippen LogP contribution in [0, 0.1) is 24.0 Å². The average molecular weight is 509 g/mol. The van der Waals surface area contributed by atoms with Gasteiger partial charge in [0.2, 0.25) is 0 Å². The van der Waals surface area contributed by atoms with Gasteiger partial charge in [0.1, 0.15) is 52.1 Å². The molecule has 3 heterocycles. The predicted molar refractivity (Wildman–Crippen MR) is 120 cm³/mol. The second-order valence-corrected chi connectivity index (χ2v) is 8.97. The van der Waals surface area contributed by atoms with Gasteiger partial charge in [0.15, 0.2) is 0 Å². The maximum atomic E-state index is 13.9. The molecule has 0 bridgehead atoms. The molecule has 2 aromatic heterocycles. The van der Waals surface area contributed by atoms with Crippen LogP contribution in [-0.2, 0) is 9.47 Å². The molecular formula is C22H19ClF2N4O4S. The van der Waals surface area contributed by atoms with Gasteiger partial charge in [-0.1, -0.05) is 34.5 Å². The Hall–Kier alpha value is -2.59. The van der Waals surface area contributed by atoms with E-state index in [1.54, 1.807) is 18.5 Å². The lowest BCUT2D eigenvalue weighted by Crippen LogP contribution is -2.55. The lowest BCUT2D eigenvalue weighted by molar-refractivity contribution is -0.186. The lowest BCUT2D eigenvalue weighted by Gasteiger charge is -2.43. The topological polar surface area (TPSA) is 103 Å². The smallest absolute Gasteiger partial charge is 0.145 e. The van der Waals surface area contributed by atoms with Crippen LogP contribution in [0.15, 0.2) is 41.7 Å². The molecule has 1 aliphatic heterocycles. The minimum Gasteiger partial charge on any atom is -0.394 e. The molecule has 4 rings (SSSR count). The first-order valence-electron chi connectivity index (χ1n) is 9.98. The summed E-state index contributed by atoms with van der Waals surface area (Å²) in [5.41, 5.74) is 0.151. The van der Waals surface area contributed by atoms with E-state index in [1.165, 1.54) is 29.8 Å². The Morgan fingerprint density at radius 1 is 1.29 bits per heavy atom. The molecule has 1 saturated heterocycles. The Bertz CT molecular complexity index is 1200. The van der Waals surface area contributed by atoms with E-state index in [0.717, 1.165) is 12.1 Å². The number of nitrogens with zero attached hydrogens (tertiary/aromatic N) is 4. The van der Waals surface area contributed by atoms with Crippen molar-refractivity contribution in [1.29, 1.82) is 0 Å². The Balaban J connectivity index is 1.67. The maximum Gasteiger partial charge on any atom is 0.145 e. The van der Waals surface area contributed by atoms with Crippen molar-refractivity contribution in [1.82, 2.24) is 20.0 Å². The highest BCUT2D eigenvalue weighted by molar-refractivity contribution is 7.99. The average Bonchev–Trinajstić information content (AvgIpc) is 3.32. The normalized spacial score (nSPS) is 24.7. The summed E-state index contributed by atoms with van der Waals surface area (Å²) in [6.07, 6.45) is 7.07. The lowest BCUT2D eigenvalue weighted by atomic mass is 9.97. The Morgan fingerprint density at radius 3 is 2.68 bits per heavy atom. The highest BCUT2D eigenvalue weighted by Gasteiger charge is 2.47. The molecule has 8 nitrogen and oxygen atoms in total. The summed E-state index contributed by atoms with van der Waals surface area (Å²) in [6, 6.07) is 2.97. The Kier molecular flexibility index (Phi) is 7.47. The third-order valence-electron chi connectivity index (χ3n) is 5.32. The van der Waals surface area contributed by atoms with Crippen LogP contribution in [0.2, 0.25) is 5.02 Å². The predicted octanol–water partition coefficient (Wildman–Crippen LogP) is 2.68. The first-order valence-corrected chi connectivity index (χ1v) is 11.2. The van der Waals surface area contributed by atoms with Crippen LogP contribution in [0.25, 0.3) is 11.3 Å². The Labute approximate surface area is 202 Å². The number of benzene rings is 1. The van der Waals surface area contributed by atoms with Crippen LogP contribution in [-0.4, -0.2) is 67.7 Å². The zero-order valence-electron chi connectivity index (χ0n) is 17.7. The van der Waals surface area contributed by atoms with Gasteiger partial charge in [-0.05, 0) is 18.2 Å². The third-order valence-corrected chi connectivity index (χ3v) is 6.79. The molecule has 0 saturated carbocycles. The number of aliphatic hydroxyl groups is 2. The second kappa shape index (κ2) is 10.4. The first kappa shape index (κ1) is 24.5. The quantitative estimate of drug-likeness (QED) is 0.387. The summed E-state index contributed by atoms with van der Waals surface area (Å²) < 4.78 is 40.7. The number of hydrogen-bond donors (Lipinski definition) is 2. The molecule has 178 valence electrons. The van der Waals surface area contributed by atoms with Crippen molar-refractivity contribution in [3.63, 3.8) is 0 Å². The van der Waals surface area contributed by atoms with Gasteiger partial charge in [0.05, 0.1) is 12.8 Å². The van der Waals surface area contributed by atoms with Crippen molar-refractivity contribution < 1.29 is 28.5 Å². The summed E-state index contributed by atoms with van der Waals surface area (Å²) in [6.45, 7) is -0.469. The van der Waals surface area contributed by atoms with E-state index in [0.29, 0.717) is 10.5 Å². The largest absolute Gasteiger partial charge is 0.394 e. The third kappa shape index (κ3) is 4.79. The molecule has 34 heavy (non-hydrogen) atoms. The minimum atomic E-state index is -1.23. The fourth-order valence-corrected chi connectivity index (χ4v) is 4.96. The number of pyridine rings is 1. The summed E-state index contributed by atoms with van der Waals surface area (Å²) >= 11 is 6.81. The van der Waals surface area contributed by atoms with Crippen LogP contribution >= 0.6 is 23.4 Å². The SMILES string of the molecule is C#Cc1cncc(S[C@H]2OC(CO)[C@H](O)[C@H](n3cc(-c4cc(F)c(Cl)c(F)c4)nn3)C2OC)c1. The molecular weight excluding hydrogens is 490 g/mol. The number of ether oxygens (including phenoxy) is 2. The molecule has 1 aliphatic rings. The molecule has 5 atom stereocenters. The van der Waals surface area contributed by atoms with E-state index in [9.17, 15) is 19.0 Å². The number of aromatic nitrogens is 4. The molecule has 0 spiro atoms. The van der Waals surface area contributed by atoms with Crippen LogP contribution in [0.3, 0.4) is 0 Å². The number of halogens is 3. The van der Waals surface area contributed by atoms with Gasteiger partial charge in [-0.25, -0.2) is 13.5 Å².